The van der Waals surface area contributed by atoms with E-state index in [2.05, 4.69) is 5.16 Å². The number of oxime groups is 1. The monoisotopic (exact) mass is 203 g/mol. The van der Waals surface area contributed by atoms with Gasteiger partial charge in [-0.15, -0.1) is 0 Å². The first-order valence-electron chi connectivity index (χ1n) is 3.33. The molecule has 1 aromatic rings. The summed E-state index contributed by atoms with van der Waals surface area (Å²) in [7, 11) is 0. The maximum Gasteiger partial charge on any atom is 0.149 e. The molecule has 1 rings (SSSR count). The molecular formula is C8H7Cl2NO. The molecule has 4 heteroatoms. The van der Waals surface area contributed by atoms with Crippen LogP contribution in [0.5, 0.6) is 0 Å². The third kappa shape index (κ3) is 2.72. The summed E-state index contributed by atoms with van der Waals surface area (Å²) >= 11 is 11.2. The Morgan fingerprint density at radius 1 is 1.33 bits per heavy atom. The van der Waals surface area contributed by atoms with Crippen LogP contribution in [-0.4, -0.2) is 10.4 Å². The number of nitrogens with zero attached hydrogens (tertiary/aromatic N) is 1. The van der Waals surface area contributed by atoms with Crippen LogP contribution in [0.3, 0.4) is 0 Å². The molecule has 0 saturated heterocycles. The van der Waals surface area contributed by atoms with Crippen molar-refractivity contribution in [3.63, 3.8) is 0 Å². The van der Waals surface area contributed by atoms with Crippen LogP contribution in [0, 0.1) is 0 Å². The molecule has 0 amide bonds. The molecule has 1 N–H and O–H groups in total. The number of rotatable bonds is 2. The van der Waals surface area contributed by atoms with Crippen LogP contribution in [0.1, 0.15) is 5.56 Å². The Kier molecular flexibility index (Phi) is 3.38. The Morgan fingerprint density at radius 2 is 1.92 bits per heavy atom. The van der Waals surface area contributed by atoms with E-state index < -0.39 is 0 Å². The normalized spacial score (nSPS) is 11.7. The van der Waals surface area contributed by atoms with Gasteiger partial charge in [0.1, 0.15) is 5.17 Å². The fraction of sp³-hybridized carbons (Fsp3) is 0.125. The molecule has 0 fully saturated rings. The zero-order chi connectivity index (χ0) is 8.97. The minimum absolute atomic E-state index is 0.164. The zero-order valence-corrected chi connectivity index (χ0v) is 7.68. The largest absolute Gasteiger partial charge is 0.410 e. The van der Waals surface area contributed by atoms with Crippen LogP contribution in [0.2, 0.25) is 5.02 Å². The molecule has 0 aliphatic heterocycles. The molecular weight excluding hydrogens is 197 g/mol. The lowest BCUT2D eigenvalue weighted by Gasteiger charge is -1.97. The predicted octanol–water partition coefficient (Wildman–Crippen LogP) is 2.91. The molecule has 64 valence electrons. The van der Waals surface area contributed by atoms with Crippen LogP contribution < -0.4 is 0 Å². The van der Waals surface area contributed by atoms with Crippen molar-refractivity contribution in [1.82, 2.24) is 0 Å². The molecule has 0 radical (unpaired) electrons. The summed E-state index contributed by atoms with van der Waals surface area (Å²) in [6.45, 7) is 0. The highest BCUT2D eigenvalue weighted by Gasteiger charge is 1.97. The SMILES string of the molecule is O/N=C(\Cl)Cc1ccc(Cl)cc1. The Balaban J connectivity index is 2.71. The van der Waals surface area contributed by atoms with E-state index in [0.29, 0.717) is 11.4 Å². The van der Waals surface area contributed by atoms with Crippen molar-refractivity contribution in [1.29, 1.82) is 0 Å². The van der Waals surface area contributed by atoms with E-state index in [-0.39, 0.29) is 5.17 Å². The van der Waals surface area contributed by atoms with Crippen LogP contribution >= 0.6 is 23.2 Å². The Morgan fingerprint density at radius 3 is 2.42 bits per heavy atom. The van der Waals surface area contributed by atoms with Gasteiger partial charge in [0, 0.05) is 11.4 Å². The lowest BCUT2D eigenvalue weighted by Crippen LogP contribution is -1.93. The minimum Gasteiger partial charge on any atom is -0.410 e. The van der Waals surface area contributed by atoms with E-state index >= 15 is 0 Å². The summed E-state index contributed by atoms with van der Waals surface area (Å²) in [5.41, 5.74) is 0.960. The third-order valence-corrected chi connectivity index (χ3v) is 1.83. The third-order valence-electron chi connectivity index (χ3n) is 1.37. The van der Waals surface area contributed by atoms with Gasteiger partial charge in [-0.25, -0.2) is 0 Å². The van der Waals surface area contributed by atoms with Gasteiger partial charge in [-0.3, -0.25) is 0 Å². The molecule has 0 unspecified atom stereocenters. The first-order valence-corrected chi connectivity index (χ1v) is 4.09. The first-order chi connectivity index (χ1) is 5.72. The van der Waals surface area contributed by atoms with Gasteiger partial charge in [0.15, 0.2) is 0 Å². The van der Waals surface area contributed by atoms with E-state index in [9.17, 15) is 0 Å². The molecule has 0 bridgehead atoms. The summed E-state index contributed by atoms with van der Waals surface area (Å²) in [6, 6.07) is 7.18. The topological polar surface area (TPSA) is 32.6 Å². The van der Waals surface area contributed by atoms with E-state index in [1.807, 2.05) is 12.1 Å². The molecule has 1 aromatic carbocycles. The summed E-state index contributed by atoms with van der Waals surface area (Å²) < 4.78 is 0. The summed E-state index contributed by atoms with van der Waals surface area (Å²) in [6.07, 6.45) is 0.426. The predicted molar refractivity (Wildman–Crippen MR) is 50.2 cm³/mol. The average molecular weight is 204 g/mol. The summed E-state index contributed by atoms with van der Waals surface area (Å²) in [5, 5.41) is 12.0. The fourth-order valence-electron chi connectivity index (χ4n) is 0.806. The molecule has 0 saturated carbocycles. The second kappa shape index (κ2) is 4.33. The first kappa shape index (κ1) is 9.36. The highest BCUT2D eigenvalue weighted by atomic mass is 35.5. The quantitative estimate of drug-likeness (QED) is 0.448. The highest BCUT2D eigenvalue weighted by molar-refractivity contribution is 6.65. The fourth-order valence-corrected chi connectivity index (χ4v) is 1.09. The van der Waals surface area contributed by atoms with Gasteiger partial charge in [-0.05, 0) is 17.7 Å². The van der Waals surface area contributed by atoms with E-state index in [1.54, 1.807) is 12.1 Å². The maximum atomic E-state index is 8.28. The molecule has 0 heterocycles. The second-order valence-corrected chi connectivity index (χ2v) is 3.15. The Labute approximate surface area is 80.4 Å². The standard InChI is InChI=1S/C8H7Cl2NO/c9-7-3-1-6(2-4-7)5-8(10)11-12/h1-4,12H,5H2/b11-8-. The molecule has 0 spiro atoms. The summed E-state index contributed by atoms with van der Waals surface area (Å²) in [5.74, 6) is 0. The van der Waals surface area contributed by atoms with E-state index in [1.165, 1.54) is 0 Å². The van der Waals surface area contributed by atoms with Crippen molar-refractivity contribution >= 4 is 28.4 Å². The van der Waals surface area contributed by atoms with Crippen molar-refractivity contribution in [2.75, 3.05) is 0 Å². The highest BCUT2D eigenvalue weighted by Crippen LogP contribution is 2.10. The van der Waals surface area contributed by atoms with Crippen LogP contribution in [0.4, 0.5) is 0 Å². The molecule has 2 nitrogen and oxygen atoms in total. The van der Waals surface area contributed by atoms with E-state index in [0.717, 1.165) is 5.56 Å². The summed E-state index contributed by atoms with van der Waals surface area (Å²) in [4.78, 5) is 0. The van der Waals surface area contributed by atoms with Gasteiger partial charge in [0.05, 0.1) is 0 Å². The Bertz CT molecular complexity index is 282. The van der Waals surface area contributed by atoms with Crippen molar-refractivity contribution in [3.8, 4) is 0 Å². The molecule has 0 aliphatic rings. The lowest BCUT2D eigenvalue weighted by molar-refractivity contribution is 0.319. The van der Waals surface area contributed by atoms with Gasteiger partial charge in [-0.1, -0.05) is 40.5 Å². The maximum absolute atomic E-state index is 8.28. The number of hydrogen-bond donors (Lipinski definition) is 1. The number of hydrogen-bond acceptors (Lipinski definition) is 2. The van der Waals surface area contributed by atoms with Crippen LogP contribution in [-0.2, 0) is 6.42 Å². The zero-order valence-electron chi connectivity index (χ0n) is 6.17. The van der Waals surface area contributed by atoms with Gasteiger partial charge in [0.2, 0.25) is 0 Å². The number of benzene rings is 1. The number of halogens is 2. The van der Waals surface area contributed by atoms with Gasteiger partial charge < -0.3 is 5.21 Å². The van der Waals surface area contributed by atoms with Crippen LogP contribution in [0.25, 0.3) is 0 Å². The van der Waals surface area contributed by atoms with Crippen molar-refractivity contribution in [3.05, 3.63) is 34.9 Å². The van der Waals surface area contributed by atoms with Crippen molar-refractivity contribution < 1.29 is 5.21 Å². The van der Waals surface area contributed by atoms with Crippen LogP contribution in [0.15, 0.2) is 29.4 Å². The molecule has 0 aliphatic carbocycles. The second-order valence-electron chi connectivity index (χ2n) is 2.28. The Hall–Kier alpha value is -0.730. The van der Waals surface area contributed by atoms with Gasteiger partial charge in [-0.2, -0.15) is 0 Å². The smallest absolute Gasteiger partial charge is 0.149 e. The van der Waals surface area contributed by atoms with Gasteiger partial charge >= 0.3 is 0 Å². The van der Waals surface area contributed by atoms with E-state index in [4.69, 9.17) is 28.4 Å². The van der Waals surface area contributed by atoms with Crippen molar-refractivity contribution in [2.24, 2.45) is 5.16 Å². The van der Waals surface area contributed by atoms with Gasteiger partial charge in [0.25, 0.3) is 0 Å². The molecule has 12 heavy (non-hydrogen) atoms. The molecule has 0 aromatic heterocycles. The minimum atomic E-state index is 0.164. The lowest BCUT2D eigenvalue weighted by atomic mass is 10.2. The average Bonchev–Trinajstić information content (AvgIpc) is 2.09. The molecule has 0 atom stereocenters. The van der Waals surface area contributed by atoms with Crippen molar-refractivity contribution in [2.45, 2.75) is 6.42 Å².